The molecule has 2 atom stereocenters. The molecule has 0 aromatic heterocycles. The third-order valence-electron chi connectivity index (χ3n) is 12.8. The van der Waals surface area contributed by atoms with Crippen molar-refractivity contribution in [3.63, 3.8) is 0 Å². The quantitative estimate of drug-likeness (QED) is 0.0322. The minimum atomic E-state index is -0.848. The highest BCUT2D eigenvalue weighted by molar-refractivity contribution is 5.76. The molecule has 1 amide bonds. The number of hydrogen-bond acceptors (Lipinski definition) is 5. The summed E-state index contributed by atoms with van der Waals surface area (Å²) >= 11 is 0. The SMILES string of the molecule is CCCCCCCCCCCCCCCCC/C=C/C(O)C(CO)NC(=O)CCCCCCCCCCCCCCCCCCOC(=O)CCCCCCCCCCCCC. The minimum absolute atomic E-state index is 0.00219. The van der Waals surface area contributed by atoms with Gasteiger partial charge in [-0.1, -0.05) is 270 Å². The molecular weight excluding hydrogens is 755 g/mol. The van der Waals surface area contributed by atoms with Gasteiger partial charge in [0.15, 0.2) is 0 Å². The highest BCUT2D eigenvalue weighted by Gasteiger charge is 2.18. The number of carbonyl (C=O) groups is 2. The largest absolute Gasteiger partial charge is 0.466 e. The van der Waals surface area contributed by atoms with E-state index in [0.29, 0.717) is 19.4 Å². The lowest BCUT2D eigenvalue weighted by Crippen LogP contribution is -2.45. The van der Waals surface area contributed by atoms with Gasteiger partial charge in [0, 0.05) is 12.8 Å². The fraction of sp³-hybridized carbons (Fsp3) is 0.927. The predicted octanol–water partition coefficient (Wildman–Crippen LogP) is 16.5. The Hall–Kier alpha value is -1.40. The molecule has 0 spiro atoms. The van der Waals surface area contributed by atoms with E-state index in [4.69, 9.17) is 4.74 Å². The Kier molecular flexibility index (Phi) is 50.1. The number of aliphatic hydroxyl groups excluding tert-OH is 2. The minimum Gasteiger partial charge on any atom is -0.466 e. The van der Waals surface area contributed by atoms with Crippen LogP contribution in [0.15, 0.2) is 12.2 Å². The Balaban J connectivity index is 3.46. The summed E-state index contributed by atoms with van der Waals surface area (Å²) in [6.45, 7) is 4.90. The maximum atomic E-state index is 12.4. The van der Waals surface area contributed by atoms with Crippen molar-refractivity contribution in [2.45, 2.75) is 315 Å². The molecule has 6 nitrogen and oxygen atoms in total. The van der Waals surface area contributed by atoms with Gasteiger partial charge in [0.25, 0.3) is 0 Å². The number of carbonyl (C=O) groups excluding carboxylic acids is 2. The van der Waals surface area contributed by atoms with Crippen molar-refractivity contribution >= 4 is 11.9 Å². The van der Waals surface area contributed by atoms with Crippen molar-refractivity contribution in [2.75, 3.05) is 13.2 Å². The summed E-state index contributed by atoms with van der Waals surface area (Å²) in [4.78, 5) is 24.4. The number of amides is 1. The molecule has 3 N–H and O–H groups in total. The summed E-state index contributed by atoms with van der Waals surface area (Å²) in [5.74, 6) is -0.0704. The number of esters is 1. The zero-order chi connectivity index (χ0) is 44.4. The Morgan fingerprint density at radius 3 is 1.11 bits per heavy atom. The van der Waals surface area contributed by atoms with Crippen LogP contribution in [0.4, 0.5) is 0 Å². The monoisotopic (exact) mass is 862 g/mol. The lowest BCUT2D eigenvalue weighted by Gasteiger charge is -2.20. The van der Waals surface area contributed by atoms with Gasteiger partial charge < -0.3 is 20.3 Å². The molecule has 0 heterocycles. The molecule has 0 aromatic carbocycles. The summed E-state index contributed by atoms with van der Waals surface area (Å²) in [5, 5.41) is 23.1. The van der Waals surface area contributed by atoms with E-state index in [1.54, 1.807) is 6.08 Å². The van der Waals surface area contributed by atoms with Crippen molar-refractivity contribution < 1.29 is 24.5 Å². The molecule has 0 aromatic rings. The molecule has 0 aliphatic rings. The summed E-state index contributed by atoms with van der Waals surface area (Å²) < 4.78 is 5.45. The molecule has 0 radical (unpaired) electrons. The number of unbranched alkanes of at least 4 members (excludes halogenated alkanes) is 40. The zero-order valence-electron chi connectivity index (χ0n) is 41.2. The molecule has 0 aliphatic carbocycles. The van der Waals surface area contributed by atoms with Crippen molar-refractivity contribution in [3.05, 3.63) is 12.2 Å². The lowest BCUT2D eigenvalue weighted by molar-refractivity contribution is -0.143. The lowest BCUT2D eigenvalue weighted by atomic mass is 10.0. The first kappa shape index (κ1) is 59.6. The maximum absolute atomic E-state index is 12.4. The van der Waals surface area contributed by atoms with Crippen LogP contribution in [-0.4, -0.2) is 47.4 Å². The molecule has 0 bridgehead atoms. The van der Waals surface area contributed by atoms with E-state index in [1.807, 2.05) is 6.08 Å². The second kappa shape index (κ2) is 51.2. The van der Waals surface area contributed by atoms with Gasteiger partial charge in [0.05, 0.1) is 25.4 Å². The van der Waals surface area contributed by atoms with E-state index >= 15 is 0 Å². The first-order valence-corrected chi connectivity index (χ1v) is 27.5. The van der Waals surface area contributed by atoms with E-state index in [1.165, 1.54) is 231 Å². The molecule has 0 fully saturated rings. The molecule has 2 unspecified atom stereocenters. The molecule has 0 saturated heterocycles. The molecule has 6 heteroatoms. The fourth-order valence-corrected chi connectivity index (χ4v) is 8.58. The van der Waals surface area contributed by atoms with Crippen molar-refractivity contribution in [1.82, 2.24) is 5.32 Å². The molecule has 362 valence electrons. The van der Waals surface area contributed by atoms with E-state index < -0.39 is 12.1 Å². The summed E-state index contributed by atoms with van der Waals surface area (Å²) in [6, 6.07) is -0.632. The first-order valence-electron chi connectivity index (χ1n) is 27.5. The Morgan fingerprint density at radius 2 is 0.754 bits per heavy atom. The van der Waals surface area contributed by atoms with Crippen molar-refractivity contribution in [2.24, 2.45) is 0 Å². The van der Waals surface area contributed by atoms with Crippen LogP contribution in [0.2, 0.25) is 0 Å². The summed E-state index contributed by atoms with van der Waals surface area (Å²) in [7, 11) is 0. The number of aliphatic hydroxyl groups is 2. The average Bonchev–Trinajstić information content (AvgIpc) is 3.26. The van der Waals surface area contributed by atoms with Crippen LogP contribution in [0.5, 0.6) is 0 Å². The van der Waals surface area contributed by atoms with Crippen LogP contribution in [0.1, 0.15) is 303 Å². The molecular formula is C55H107NO5. The van der Waals surface area contributed by atoms with Crippen molar-refractivity contribution in [3.8, 4) is 0 Å². The average molecular weight is 862 g/mol. The van der Waals surface area contributed by atoms with E-state index in [2.05, 4.69) is 19.2 Å². The van der Waals surface area contributed by atoms with Crippen LogP contribution < -0.4 is 5.32 Å². The van der Waals surface area contributed by atoms with Gasteiger partial charge in [-0.2, -0.15) is 0 Å². The van der Waals surface area contributed by atoms with E-state index in [9.17, 15) is 19.8 Å². The zero-order valence-corrected chi connectivity index (χ0v) is 41.2. The Morgan fingerprint density at radius 1 is 0.443 bits per heavy atom. The van der Waals surface area contributed by atoms with Crippen LogP contribution in [0, 0.1) is 0 Å². The highest BCUT2D eigenvalue weighted by Crippen LogP contribution is 2.17. The van der Waals surface area contributed by atoms with Gasteiger partial charge in [-0.25, -0.2) is 0 Å². The number of nitrogens with one attached hydrogen (secondary N) is 1. The molecule has 0 aliphatic heterocycles. The van der Waals surface area contributed by atoms with Gasteiger partial charge >= 0.3 is 5.97 Å². The predicted molar refractivity (Wildman–Crippen MR) is 264 cm³/mol. The van der Waals surface area contributed by atoms with Gasteiger partial charge in [-0.15, -0.1) is 0 Å². The maximum Gasteiger partial charge on any atom is 0.305 e. The van der Waals surface area contributed by atoms with Crippen molar-refractivity contribution in [1.29, 1.82) is 0 Å². The normalized spacial score (nSPS) is 12.7. The molecule has 0 saturated carbocycles. The fourth-order valence-electron chi connectivity index (χ4n) is 8.58. The van der Waals surface area contributed by atoms with Crippen LogP contribution in [0.25, 0.3) is 0 Å². The molecule has 0 rings (SSSR count). The Labute approximate surface area is 380 Å². The van der Waals surface area contributed by atoms with Crippen LogP contribution >= 0.6 is 0 Å². The number of ether oxygens (including phenoxy) is 1. The van der Waals surface area contributed by atoms with Gasteiger partial charge in [-0.3, -0.25) is 9.59 Å². The topological polar surface area (TPSA) is 95.9 Å². The third-order valence-corrected chi connectivity index (χ3v) is 12.8. The first-order chi connectivity index (χ1) is 30.0. The van der Waals surface area contributed by atoms with E-state index in [0.717, 1.165) is 44.9 Å². The number of hydrogen-bond donors (Lipinski definition) is 3. The number of rotatable bonds is 51. The smallest absolute Gasteiger partial charge is 0.305 e. The standard InChI is InChI=1S/C55H107NO5/c1-3-5-7-9-11-13-15-16-17-18-21-24-28-31-35-39-43-47-53(58)52(51-57)56-54(59)48-44-40-36-32-29-25-22-19-20-23-26-30-34-38-42-46-50-61-55(60)49-45-41-37-33-27-14-12-10-8-6-4-2/h43,47,52-53,57-58H,3-42,44-46,48-51H2,1-2H3,(H,56,59)/b47-43+. The summed E-state index contributed by atoms with van der Waals surface area (Å²) in [6.07, 6.45) is 59.3. The Bertz CT molecular complexity index is 909. The molecule has 61 heavy (non-hydrogen) atoms. The van der Waals surface area contributed by atoms with Crippen LogP contribution in [-0.2, 0) is 14.3 Å². The van der Waals surface area contributed by atoms with Gasteiger partial charge in [0.1, 0.15) is 0 Å². The second-order valence-electron chi connectivity index (χ2n) is 18.9. The second-order valence-corrected chi connectivity index (χ2v) is 18.9. The van der Waals surface area contributed by atoms with Gasteiger partial charge in [0.2, 0.25) is 5.91 Å². The highest BCUT2D eigenvalue weighted by atomic mass is 16.5. The third kappa shape index (κ3) is 47.9. The van der Waals surface area contributed by atoms with Crippen LogP contribution in [0.3, 0.4) is 0 Å². The number of allylic oxidation sites excluding steroid dienone is 1. The van der Waals surface area contributed by atoms with E-state index in [-0.39, 0.29) is 18.5 Å². The van der Waals surface area contributed by atoms with Gasteiger partial charge in [-0.05, 0) is 32.1 Å². The summed E-state index contributed by atoms with van der Waals surface area (Å²) in [5.41, 5.74) is 0.